The molecule has 0 aliphatic carbocycles. The van der Waals surface area contributed by atoms with Gasteiger partial charge in [-0.05, 0) is 29.8 Å². The van der Waals surface area contributed by atoms with E-state index in [1.165, 1.54) is 0 Å². The Kier molecular flexibility index (Phi) is 5.18. The largest absolute Gasteiger partial charge is 0.338 e. The summed E-state index contributed by atoms with van der Waals surface area (Å²) in [7, 11) is 0. The van der Waals surface area contributed by atoms with Crippen LogP contribution in [0.1, 0.15) is 12.0 Å². The number of pyridine rings is 1. The van der Waals surface area contributed by atoms with Crippen LogP contribution in [-0.2, 0) is 16.1 Å². The molecule has 1 atom stereocenters. The Morgan fingerprint density at radius 2 is 1.87 bits per heavy atom. The van der Waals surface area contributed by atoms with Crippen LogP contribution in [0.2, 0.25) is 0 Å². The topological polar surface area (TPSA) is 75.2 Å². The summed E-state index contributed by atoms with van der Waals surface area (Å²) in [6, 6.07) is 21.5. The number of carbonyl (C=O) groups excluding carboxylic acids is 2. The van der Waals surface area contributed by atoms with E-state index in [1.54, 1.807) is 28.5 Å². The minimum atomic E-state index is -0.373. The summed E-state index contributed by atoms with van der Waals surface area (Å²) in [5, 5.41) is 3.74. The van der Waals surface area contributed by atoms with Crippen LogP contribution in [0.15, 0.2) is 72.9 Å². The Labute approximate surface area is 183 Å². The Hall–Kier alpha value is -3.58. The van der Waals surface area contributed by atoms with Gasteiger partial charge >= 0.3 is 0 Å². The molecular weight excluding hydrogens is 408 g/mol. The SMILES string of the molecule is O=C(Nc1ccc(-c2nc3ccccc3s2)cn1)C1CC(=O)N(Cc2ccccc2)C1. The molecular formula is C24H20N4O2S. The standard InChI is InChI=1S/C24H20N4O2S/c29-22-12-18(15-28(22)14-16-6-2-1-3-7-16)23(30)27-21-11-10-17(13-25-21)24-26-19-8-4-5-9-20(19)31-24/h1-11,13,18H,12,14-15H2,(H,25,27,30). The van der Waals surface area contributed by atoms with Crippen LogP contribution >= 0.6 is 11.3 Å². The van der Waals surface area contributed by atoms with Crippen LogP contribution in [0.4, 0.5) is 5.82 Å². The second-order valence-corrected chi connectivity index (χ2v) is 8.60. The number of amides is 2. The average Bonchev–Trinajstić information content (AvgIpc) is 3.39. The number of thiazole rings is 1. The summed E-state index contributed by atoms with van der Waals surface area (Å²) >= 11 is 1.61. The van der Waals surface area contributed by atoms with Crippen molar-refractivity contribution < 1.29 is 9.59 Å². The van der Waals surface area contributed by atoms with E-state index >= 15 is 0 Å². The van der Waals surface area contributed by atoms with Crippen molar-refractivity contribution in [3.63, 3.8) is 0 Å². The molecule has 2 aromatic heterocycles. The zero-order valence-corrected chi connectivity index (χ0v) is 17.5. The van der Waals surface area contributed by atoms with Crippen LogP contribution < -0.4 is 5.32 Å². The minimum absolute atomic E-state index is 0.00291. The van der Waals surface area contributed by atoms with Crippen molar-refractivity contribution >= 4 is 39.2 Å². The molecule has 3 heterocycles. The van der Waals surface area contributed by atoms with Crippen molar-refractivity contribution in [2.45, 2.75) is 13.0 Å². The van der Waals surface area contributed by atoms with Gasteiger partial charge in [-0.1, -0.05) is 42.5 Å². The third-order valence-corrected chi connectivity index (χ3v) is 6.44. The van der Waals surface area contributed by atoms with E-state index in [0.717, 1.165) is 26.4 Å². The Morgan fingerprint density at radius 1 is 1.06 bits per heavy atom. The fraction of sp³-hybridized carbons (Fsp3) is 0.167. The predicted octanol–water partition coefficient (Wildman–Crippen LogP) is 4.35. The molecule has 31 heavy (non-hydrogen) atoms. The van der Waals surface area contributed by atoms with Crippen molar-refractivity contribution in [3.05, 3.63) is 78.5 Å². The zero-order valence-electron chi connectivity index (χ0n) is 16.7. The second-order valence-electron chi connectivity index (χ2n) is 7.57. The van der Waals surface area contributed by atoms with E-state index in [0.29, 0.717) is 18.9 Å². The maximum absolute atomic E-state index is 12.7. The van der Waals surface area contributed by atoms with Crippen molar-refractivity contribution in [3.8, 4) is 10.6 Å². The number of rotatable bonds is 5. The highest BCUT2D eigenvalue weighted by atomic mass is 32.1. The van der Waals surface area contributed by atoms with Crippen LogP contribution in [0.3, 0.4) is 0 Å². The van der Waals surface area contributed by atoms with Gasteiger partial charge in [-0.25, -0.2) is 9.97 Å². The summed E-state index contributed by atoms with van der Waals surface area (Å²) in [6.07, 6.45) is 1.94. The maximum Gasteiger partial charge on any atom is 0.230 e. The van der Waals surface area contributed by atoms with Crippen LogP contribution in [0.25, 0.3) is 20.8 Å². The molecule has 0 saturated carbocycles. The summed E-state index contributed by atoms with van der Waals surface area (Å²) < 4.78 is 1.13. The highest BCUT2D eigenvalue weighted by Crippen LogP contribution is 2.30. The molecule has 6 nitrogen and oxygen atoms in total. The van der Waals surface area contributed by atoms with Gasteiger partial charge in [0, 0.05) is 31.3 Å². The lowest BCUT2D eigenvalue weighted by Crippen LogP contribution is -2.28. The highest BCUT2D eigenvalue weighted by Gasteiger charge is 2.34. The monoisotopic (exact) mass is 428 g/mol. The molecule has 5 rings (SSSR count). The first-order chi connectivity index (χ1) is 15.2. The van der Waals surface area contributed by atoms with E-state index in [9.17, 15) is 9.59 Å². The normalized spacial score (nSPS) is 16.1. The molecule has 0 radical (unpaired) electrons. The molecule has 0 spiro atoms. The van der Waals surface area contributed by atoms with Gasteiger partial charge in [-0.2, -0.15) is 0 Å². The first kappa shape index (κ1) is 19.4. The number of fused-ring (bicyclic) bond motifs is 1. The van der Waals surface area contributed by atoms with E-state index < -0.39 is 0 Å². The lowest BCUT2D eigenvalue weighted by molar-refractivity contribution is -0.128. The molecule has 2 amide bonds. The lowest BCUT2D eigenvalue weighted by atomic mass is 10.1. The summed E-state index contributed by atoms with van der Waals surface area (Å²) in [5.74, 6) is -0.0712. The number of aromatic nitrogens is 2. The Bertz CT molecular complexity index is 1200. The maximum atomic E-state index is 12.7. The van der Waals surface area contributed by atoms with Crippen LogP contribution in [0, 0.1) is 5.92 Å². The van der Waals surface area contributed by atoms with Gasteiger partial charge in [0.25, 0.3) is 0 Å². The molecule has 1 aliphatic heterocycles. The zero-order chi connectivity index (χ0) is 21.2. The summed E-state index contributed by atoms with van der Waals surface area (Å²) in [4.78, 5) is 35.8. The number of nitrogens with zero attached hydrogens (tertiary/aromatic N) is 3. The minimum Gasteiger partial charge on any atom is -0.338 e. The van der Waals surface area contributed by atoms with Crippen molar-refractivity contribution in [1.82, 2.24) is 14.9 Å². The number of hydrogen-bond acceptors (Lipinski definition) is 5. The number of nitrogens with one attached hydrogen (secondary N) is 1. The fourth-order valence-electron chi connectivity index (χ4n) is 3.72. The van der Waals surface area contributed by atoms with E-state index in [2.05, 4.69) is 15.3 Å². The molecule has 154 valence electrons. The molecule has 2 aromatic carbocycles. The molecule has 7 heteroatoms. The van der Waals surface area contributed by atoms with Crippen LogP contribution in [0.5, 0.6) is 0 Å². The quantitative estimate of drug-likeness (QED) is 0.513. The number of likely N-dealkylation sites (tertiary alicyclic amines) is 1. The number of hydrogen-bond donors (Lipinski definition) is 1. The molecule has 4 aromatic rings. The van der Waals surface area contributed by atoms with Gasteiger partial charge < -0.3 is 10.2 Å². The van der Waals surface area contributed by atoms with E-state index in [1.807, 2.05) is 60.7 Å². The summed E-state index contributed by atoms with van der Waals surface area (Å²) in [5.41, 5.74) is 2.93. The van der Waals surface area contributed by atoms with Gasteiger partial charge in [-0.3, -0.25) is 9.59 Å². The third-order valence-electron chi connectivity index (χ3n) is 5.36. The first-order valence-corrected chi connectivity index (χ1v) is 10.9. The molecule has 0 bridgehead atoms. The fourth-order valence-corrected chi connectivity index (χ4v) is 4.68. The Morgan fingerprint density at radius 3 is 2.65 bits per heavy atom. The smallest absolute Gasteiger partial charge is 0.230 e. The van der Waals surface area contributed by atoms with Crippen molar-refractivity contribution in [2.75, 3.05) is 11.9 Å². The van der Waals surface area contributed by atoms with E-state index in [-0.39, 0.29) is 24.2 Å². The van der Waals surface area contributed by atoms with Crippen molar-refractivity contribution in [2.24, 2.45) is 5.92 Å². The molecule has 1 saturated heterocycles. The highest BCUT2D eigenvalue weighted by molar-refractivity contribution is 7.21. The Balaban J connectivity index is 1.23. The third kappa shape index (κ3) is 4.18. The first-order valence-electron chi connectivity index (χ1n) is 10.1. The van der Waals surface area contributed by atoms with Gasteiger partial charge in [0.15, 0.2) is 0 Å². The van der Waals surface area contributed by atoms with Gasteiger partial charge in [0.2, 0.25) is 11.8 Å². The van der Waals surface area contributed by atoms with Crippen molar-refractivity contribution in [1.29, 1.82) is 0 Å². The van der Waals surface area contributed by atoms with Gasteiger partial charge in [-0.15, -0.1) is 11.3 Å². The number of carbonyl (C=O) groups is 2. The van der Waals surface area contributed by atoms with Gasteiger partial charge in [0.05, 0.1) is 16.1 Å². The molecule has 1 unspecified atom stereocenters. The van der Waals surface area contributed by atoms with Crippen LogP contribution in [-0.4, -0.2) is 33.2 Å². The predicted molar refractivity (Wildman–Crippen MR) is 121 cm³/mol. The lowest BCUT2D eigenvalue weighted by Gasteiger charge is -2.16. The number of para-hydroxylation sites is 1. The second kappa shape index (κ2) is 8.28. The van der Waals surface area contributed by atoms with Gasteiger partial charge in [0.1, 0.15) is 10.8 Å². The molecule has 1 fully saturated rings. The molecule has 1 N–H and O–H groups in total. The average molecular weight is 429 g/mol. The van der Waals surface area contributed by atoms with E-state index in [4.69, 9.17) is 0 Å². The number of anilines is 1. The molecule has 1 aliphatic rings. The number of benzene rings is 2. The summed E-state index contributed by atoms with van der Waals surface area (Å²) in [6.45, 7) is 0.946.